The van der Waals surface area contributed by atoms with Crippen molar-refractivity contribution >= 4 is 23.5 Å². The van der Waals surface area contributed by atoms with Gasteiger partial charge >= 0.3 is 12.1 Å². The van der Waals surface area contributed by atoms with Gasteiger partial charge in [0.1, 0.15) is 5.82 Å². The van der Waals surface area contributed by atoms with Crippen LogP contribution in [0.15, 0.2) is 48.5 Å². The summed E-state index contributed by atoms with van der Waals surface area (Å²) in [4.78, 5) is 27.3. The zero-order valence-corrected chi connectivity index (χ0v) is 17.1. The Bertz CT molecular complexity index is 827. The lowest BCUT2D eigenvalue weighted by Crippen LogP contribution is -2.36. The van der Waals surface area contributed by atoms with Crippen LogP contribution in [0.1, 0.15) is 18.5 Å². The van der Waals surface area contributed by atoms with Gasteiger partial charge < -0.3 is 20.3 Å². The van der Waals surface area contributed by atoms with Gasteiger partial charge in [-0.1, -0.05) is 12.1 Å². The largest absolute Gasteiger partial charge is 0.449 e. The van der Waals surface area contributed by atoms with Gasteiger partial charge in [0, 0.05) is 25.0 Å². The molecule has 29 heavy (non-hydrogen) atoms. The predicted octanol–water partition coefficient (Wildman–Crippen LogP) is 3.84. The molecule has 0 fully saturated rings. The maximum absolute atomic E-state index is 13.5. The van der Waals surface area contributed by atoms with E-state index in [9.17, 15) is 14.0 Å². The highest BCUT2D eigenvalue weighted by Gasteiger charge is 2.16. The maximum Gasteiger partial charge on any atom is 0.413 e. The van der Waals surface area contributed by atoms with Crippen molar-refractivity contribution in [1.82, 2.24) is 10.2 Å². The third kappa shape index (κ3) is 6.46. The number of rotatable bonds is 7. The number of halogens is 1. The number of hydrogen-bond donors (Lipinski definition) is 2. The standard InChI is InChI=1S/C21H27FN4O3/c1-5-29-21(28)26(4)18-11-9-17(10-12-18)24-20(27)23-14-19(25(2)3)15-7-6-8-16(22)13-15/h6-13,19H,5,14H2,1-4H3,(H2,23,24,27). The smallest absolute Gasteiger partial charge is 0.413 e. The van der Waals surface area contributed by atoms with E-state index in [1.807, 2.05) is 25.1 Å². The third-order valence-corrected chi connectivity index (χ3v) is 4.37. The fraction of sp³-hybridized carbons (Fsp3) is 0.333. The molecule has 0 aliphatic rings. The summed E-state index contributed by atoms with van der Waals surface area (Å²) in [6.07, 6.45) is -0.446. The Hall–Kier alpha value is -3.13. The zero-order valence-electron chi connectivity index (χ0n) is 17.1. The number of nitrogens with one attached hydrogen (secondary N) is 2. The Balaban J connectivity index is 1.93. The van der Waals surface area contributed by atoms with Gasteiger partial charge in [0.2, 0.25) is 0 Å². The number of carbonyl (C=O) groups excluding carboxylic acids is 2. The second-order valence-corrected chi connectivity index (χ2v) is 6.67. The lowest BCUT2D eigenvalue weighted by molar-refractivity contribution is 0.161. The lowest BCUT2D eigenvalue weighted by Gasteiger charge is -2.25. The molecule has 8 heteroatoms. The van der Waals surface area contributed by atoms with Gasteiger partial charge in [-0.2, -0.15) is 0 Å². The molecule has 156 valence electrons. The Morgan fingerprint density at radius 1 is 1.10 bits per heavy atom. The monoisotopic (exact) mass is 402 g/mol. The van der Waals surface area contributed by atoms with Crippen molar-refractivity contribution in [1.29, 1.82) is 0 Å². The van der Waals surface area contributed by atoms with Crippen LogP contribution >= 0.6 is 0 Å². The number of hydrogen-bond acceptors (Lipinski definition) is 4. The highest BCUT2D eigenvalue weighted by atomic mass is 19.1. The minimum atomic E-state index is -0.446. The van der Waals surface area contributed by atoms with Gasteiger partial charge in [0.25, 0.3) is 0 Å². The summed E-state index contributed by atoms with van der Waals surface area (Å²) >= 11 is 0. The summed E-state index contributed by atoms with van der Waals surface area (Å²) in [7, 11) is 5.35. The van der Waals surface area contributed by atoms with Gasteiger partial charge in [-0.25, -0.2) is 14.0 Å². The van der Waals surface area contributed by atoms with E-state index in [1.165, 1.54) is 17.0 Å². The summed E-state index contributed by atoms with van der Waals surface area (Å²) in [6, 6.07) is 12.6. The van der Waals surface area contributed by atoms with Crippen molar-refractivity contribution < 1.29 is 18.7 Å². The Morgan fingerprint density at radius 3 is 2.38 bits per heavy atom. The molecule has 1 unspecified atom stereocenters. The lowest BCUT2D eigenvalue weighted by atomic mass is 10.1. The van der Waals surface area contributed by atoms with E-state index in [0.29, 0.717) is 24.5 Å². The maximum atomic E-state index is 13.5. The van der Waals surface area contributed by atoms with Gasteiger partial charge in [-0.05, 0) is 63.0 Å². The molecule has 7 nitrogen and oxygen atoms in total. The summed E-state index contributed by atoms with van der Waals surface area (Å²) in [5, 5.41) is 5.55. The average molecular weight is 402 g/mol. The number of carbonyl (C=O) groups is 2. The van der Waals surface area contributed by atoms with E-state index in [-0.39, 0.29) is 17.9 Å². The molecular weight excluding hydrogens is 375 g/mol. The van der Waals surface area contributed by atoms with E-state index < -0.39 is 6.09 Å². The van der Waals surface area contributed by atoms with E-state index in [1.54, 1.807) is 44.3 Å². The summed E-state index contributed by atoms with van der Waals surface area (Å²) in [6.45, 7) is 2.35. The molecule has 2 aromatic rings. The van der Waals surface area contributed by atoms with Crippen LogP contribution in [0.25, 0.3) is 0 Å². The van der Waals surface area contributed by atoms with Crippen molar-refractivity contribution in [3.8, 4) is 0 Å². The Morgan fingerprint density at radius 2 is 1.79 bits per heavy atom. The summed E-state index contributed by atoms with van der Waals surface area (Å²) < 4.78 is 18.5. The first kappa shape index (κ1) is 22.2. The molecule has 0 radical (unpaired) electrons. The molecule has 0 spiro atoms. The van der Waals surface area contributed by atoms with E-state index in [4.69, 9.17) is 4.74 Å². The first-order valence-corrected chi connectivity index (χ1v) is 9.29. The molecule has 2 aromatic carbocycles. The fourth-order valence-corrected chi connectivity index (χ4v) is 2.77. The quantitative estimate of drug-likeness (QED) is 0.738. The van der Waals surface area contributed by atoms with Crippen molar-refractivity contribution in [2.24, 2.45) is 0 Å². The van der Waals surface area contributed by atoms with Crippen LogP contribution in [-0.2, 0) is 4.74 Å². The number of urea groups is 1. The number of benzene rings is 2. The van der Waals surface area contributed by atoms with E-state index in [2.05, 4.69) is 10.6 Å². The fourth-order valence-electron chi connectivity index (χ4n) is 2.77. The van der Waals surface area contributed by atoms with Crippen molar-refractivity contribution in [3.05, 3.63) is 59.9 Å². The van der Waals surface area contributed by atoms with Crippen molar-refractivity contribution in [3.63, 3.8) is 0 Å². The SMILES string of the molecule is CCOC(=O)N(C)c1ccc(NC(=O)NCC(c2cccc(F)c2)N(C)C)cc1. The number of ether oxygens (including phenoxy) is 1. The second-order valence-electron chi connectivity index (χ2n) is 6.67. The Kier molecular flexibility index (Phi) is 7.97. The topological polar surface area (TPSA) is 73.9 Å². The van der Waals surface area contributed by atoms with E-state index in [0.717, 1.165) is 5.56 Å². The third-order valence-electron chi connectivity index (χ3n) is 4.37. The second kappa shape index (κ2) is 10.4. The molecule has 0 saturated carbocycles. The van der Waals surface area contributed by atoms with Gasteiger partial charge in [0.15, 0.2) is 0 Å². The van der Waals surface area contributed by atoms with Crippen LogP contribution in [0.4, 0.5) is 25.4 Å². The first-order chi connectivity index (χ1) is 13.8. The van der Waals surface area contributed by atoms with Gasteiger partial charge in [-0.3, -0.25) is 4.90 Å². The van der Waals surface area contributed by atoms with Crippen LogP contribution < -0.4 is 15.5 Å². The van der Waals surface area contributed by atoms with Crippen LogP contribution in [0.5, 0.6) is 0 Å². The van der Waals surface area contributed by atoms with Crippen LogP contribution in [0.2, 0.25) is 0 Å². The minimum Gasteiger partial charge on any atom is -0.449 e. The molecule has 0 aliphatic heterocycles. The number of anilines is 2. The molecule has 0 bridgehead atoms. The summed E-state index contributed by atoms with van der Waals surface area (Å²) in [5.41, 5.74) is 2.01. The highest BCUT2D eigenvalue weighted by Crippen LogP contribution is 2.19. The number of nitrogens with zero attached hydrogens (tertiary/aromatic N) is 2. The van der Waals surface area contributed by atoms with Crippen molar-refractivity contribution in [2.45, 2.75) is 13.0 Å². The van der Waals surface area contributed by atoms with Crippen LogP contribution in [0.3, 0.4) is 0 Å². The zero-order chi connectivity index (χ0) is 21.4. The van der Waals surface area contributed by atoms with Gasteiger partial charge in [-0.15, -0.1) is 0 Å². The van der Waals surface area contributed by atoms with Gasteiger partial charge in [0.05, 0.1) is 12.6 Å². The molecule has 0 saturated heterocycles. The number of likely N-dealkylation sites (N-methyl/N-ethyl adjacent to an activating group) is 1. The van der Waals surface area contributed by atoms with Crippen LogP contribution in [0, 0.1) is 5.82 Å². The molecule has 1 atom stereocenters. The molecule has 3 amide bonds. The average Bonchev–Trinajstić information content (AvgIpc) is 2.68. The van der Waals surface area contributed by atoms with Crippen molar-refractivity contribution in [2.75, 3.05) is 44.5 Å². The molecule has 2 N–H and O–H groups in total. The number of amides is 3. The molecule has 0 aliphatic carbocycles. The molecule has 0 aromatic heterocycles. The molecule has 2 rings (SSSR count). The van der Waals surface area contributed by atoms with E-state index >= 15 is 0 Å². The van der Waals surface area contributed by atoms with Crippen LogP contribution in [-0.4, -0.2) is 51.3 Å². The summed E-state index contributed by atoms with van der Waals surface area (Å²) in [5.74, 6) is -0.313. The minimum absolute atomic E-state index is 0.169. The normalized spacial score (nSPS) is 11.7. The first-order valence-electron chi connectivity index (χ1n) is 9.29. The highest BCUT2D eigenvalue weighted by molar-refractivity contribution is 5.90. The molecular formula is C21H27FN4O3. The predicted molar refractivity (Wildman–Crippen MR) is 112 cm³/mol. The Labute approximate surface area is 170 Å². The molecule has 0 heterocycles.